The first-order valence-electron chi connectivity index (χ1n) is 13.7. The van der Waals surface area contributed by atoms with Crippen molar-refractivity contribution in [3.05, 3.63) is 133 Å². The molecule has 0 fully saturated rings. The van der Waals surface area contributed by atoms with Crippen LogP contribution in [0.3, 0.4) is 0 Å². The van der Waals surface area contributed by atoms with Gasteiger partial charge in [-0.05, 0) is 57.1 Å². The maximum Gasteiger partial charge on any atom is 0.135 e. The Bertz CT molecular complexity index is 2440. The topological polar surface area (TPSA) is 28.9 Å². The van der Waals surface area contributed by atoms with Crippen LogP contribution in [0.5, 0.6) is 0 Å². The molecular formula is C38H23NO. The Morgan fingerprint density at radius 1 is 0.375 bits per heavy atom. The lowest BCUT2D eigenvalue weighted by Gasteiger charge is -2.08. The minimum atomic E-state index is 0.920. The molecule has 0 unspecified atom stereocenters. The van der Waals surface area contributed by atoms with Crippen LogP contribution in [0.15, 0.2) is 138 Å². The highest BCUT2D eigenvalue weighted by molar-refractivity contribution is 6.32. The Morgan fingerprint density at radius 2 is 1.00 bits per heavy atom. The summed E-state index contributed by atoms with van der Waals surface area (Å²) < 4.78 is 6.07. The van der Waals surface area contributed by atoms with Crippen LogP contribution in [-0.4, -0.2) is 4.98 Å². The van der Waals surface area contributed by atoms with Crippen molar-refractivity contribution in [2.75, 3.05) is 0 Å². The molecule has 0 saturated heterocycles. The molecule has 0 amide bonds. The number of fused-ring (bicyclic) bond motifs is 11. The Kier molecular flexibility index (Phi) is 4.36. The molecule has 0 saturated carbocycles. The molecule has 0 spiro atoms. The summed E-state index contributed by atoms with van der Waals surface area (Å²) in [6.07, 6.45) is 0. The minimum absolute atomic E-state index is 0.920. The van der Waals surface area contributed by atoms with E-state index in [4.69, 9.17) is 4.42 Å². The summed E-state index contributed by atoms with van der Waals surface area (Å²) in [6, 6.07) is 47.8. The lowest BCUT2D eigenvalue weighted by atomic mass is 9.95. The zero-order valence-electron chi connectivity index (χ0n) is 21.6. The Morgan fingerprint density at radius 3 is 1.88 bits per heavy atom. The Labute approximate surface area is 230 Å². The van der Waals surface area contributed by atoms with Gasteiger partial charge in [-0.25, -0.2) is 0 Å². The summed E-state index contributed by atoms with van der Waals surface area (Å²) in [4.78, 5) is 3.87. The number of hydrogen-bond donors (Lipinski definition) is 1. The average Bonchev–Trinajstić information content (AvgIpc) is 3.60. The predicted octanol–water partition coefficient (Wildman–Crippen LogP) is 10.9. The Balaban J connectivity index is 1.28. The van der Waals surface area contributed by atoms with Gasteiger partial charge < -0.3 is 9.40 Å². The number of rotatable bonds is 2. The molecular weight excluding hydrogens is 486 g/mol. The van der Waals surface area contributed by atoms with E-state index in [1.165, 1.54) is 65.6 Å². The number of aromatic amines is 1. The summed E-state index contributed by atoms with van der Waals surface area (Å²) in [7, 11) is 0. The van der Waals surface area contributed by atoms with Crippen molar-refractivity contribution >= 4 is 65.3 Å². The molecule has 2 aromatic heterocycles. The SMILES string of the molecule is c1cc(-c2ccc3oc4ccccc4c3c2)cc(-c2cccc3c2[nH]c2c4ccccc4c4ccccc4c32)c1. The van der Waals surface area contributed by atoms with Gasteiger partial charge in [-0.3, -0.25) is 0 Å². The van der Waals surface area contributed by atoms with Gasteiger partial charge in [-0.1, -0.05) is 109 Å². The van der Waals surface area contributed by atoms with Crippen LogP contribution in [0.1, 0.15) is 0 Å². The normalized spacial score (nSPS) is 12.0. The standard InChI is InChI=1S/C38H23NO/c1-3-14-30-27(11-1)28-12-2-4-15-31(28)38-36(30)32-17-8-16-26(37(32)39-38)25-10-7-9-23(21-25)24-19-20-35-33(22-24)29-13-5-6-18-34(29)40-35/h1-22,39H. The van der Waals surface area contributed by atoms with Gasteiger partial charge in [0.1, 0.15) is 11.2 Å². The highest BCUT2D eigenvalue weighted by Gasteiger charge is 2.16. The zero-order chi connectivity index (χ0) is 26.2. The van der Waals surface area contributed by atoms with E-state index in [0.29, 0.717) is 0 Å². The van der Waals surface area contributed by atoms with Gasteiger partial charge in [0.25, 0.3) is 0 Å². The molecule has 0 aliphatic heterocycles. The van der Waals surface area contributed by atoms with Crippen LogP contribution in [-0.2, 0) is 0 Å². The minimum Gasteiger partial charge on any atom is -0.456 e. The van der Waals surface area contributed by atoms with E-state index in [9.17, 15) is 0 Å². The highest BCUT2D eigenvalue weighted by Crippen LogP contribution is 2.42. The predicted molar refractivity (Wildman–Crippen MR) is 169 cm³/mol. The molecule has 0 atom stereocenters. The maximum absolute atomic E-state index is 6.07. The van der Waals surface area contributed by atoms with Crippen molar-refractivity contribution in [2.45, 2.75) is 0 Å². The first kappa shape index (κ1) is 21.6. The van der Waals surface area contributed by atoms with Gasteiger partial charge in [0.05, 0.1) is 11.0 Å². The van der Waals surface area contributed by atoms with Crippen LogP contribution >= 0.6 is 0 Å². The van der Waals surface area contributed by atoms with E-state index in [-0.39, 0.29) is 0 Å². The molecule has 0 bridgehead atoms. The first-order valence-corrected chi connectivity index (χ1v) is 13.7. The smallest absolute Gasteiger partial charge is 0.135 e. The van der Waals surface area contributed by atoms with Crippen molar-refractivity contribution in [3.63, 3.8) is 0 Å². The van der Waals surface area contributed by atoms with E-state index >= 15 is 0 Å². The van der Waals surface area contributed by atoms with E-state index in [1.807, 2.05) is 12.1 Å². The van der Waals surface area contributed by atoms with Crippen LogP contribution in [0, 0.1) is 0 Å². The fourth-order valence-electron chi connectivity index (χ4n) is 6.58. The highest BCUT2D eigenvalue weighted by atomic mass is 16.3. The second-order valence-electron chi connectivity index (χ2n) is 10.6. The molecule has 0 aliphatic carbocycles. The van der Waals surface area contributed by atoms with Crippen LogP contribution in [0.2, 0.25) is 0 Å². The van der Waals surface area contributed by atoms with E-state index in [0.717, 1.165) is 21.9 Å². The van der Waals surface area contributed by atoms with Gasteiger partial charge >= 0.3 is 0 Å². The molecule has 7 aromatic carbocycles. The van der Waals surface area contributed by atoms with E-state index in [2.05, 4.69) is 126 Å². The zero-order valence-corrected chi connectivity index (χ0v) is 21.6. The van der Waals surface area contributed by atoms with Crippen molar-refractivity contribution in [2.24, 2.45) is 0 Å². The van der Waals surface area contributed by atoms with Crippen molar-refractivity contribution in [1.82, 2.24) is 4.98 Å². The summed E-state index contributed by atoms with van der Waals surface area (Å²) >= 11 is 0. The van der Waals surface area contributed by atoms with Gasteiger partial charge in [-0.2, -0.15) is 0 Å². The lowest BCUT2D eigenvalue weighted by Crippen LogP contribution is -1.83. The number of hydrogen-bond acceptors (Lipinski definition) is 1. The third-order valence-electron chi connectivity index (χ3n) is 8.40. The first-order chi connectivity index (χ1) is 19.8. The summed E-state index contributed by atoms with van der Waals surface area (Å²) in [5.41, 5.74) is 8.99. The Hall–Kier alpha value is -5.34. The fraction of sp³-hybridized carbons (Fsp3) is 0. The molecule has 2 heterocycles. The fourth-order valence-corrected chi connectivity index (χ4v) is 6.58. The second kappa shape index (κ2) is 8.08. The van der Waals surface area contributed by atoms with Crippen molar-refractivity contribution < 1.29 is 4.42 Å². The van der Waals surface area contributed by atoms with Gasteiger partial charge in [0, 0.05) is 32.5 Å². The average molecular weight is 510 g/mol. The molecule has 2 nitrogen and oxygen atoms in total. The summed E-state index contributed by atoms with van der Waals surface area (Å²) in [6.45, 7) is 0. The van der Waals surface area contributed by atoms with Gasteiger partial charge in [0.2, 0.25) is 0 Å². The molecule has 0 radical (unpaired) electrons. The second-order valence-corrected chi connectivity index (χ2v) is 10.6. The quantitative estimate of drug-likeness (QED) is 0.231. The monoisotopic (exact) mass is 509 g/mol. The number of H-pyrrole nitrogens is 1. The van der Waals surface area contributed by atoms with Crippen LogP contribution in [0.4, 0.5) is 0 Å². The largest absolute Gasteiger partial charge is 0.456 e. The van der Waals surface area contributed by atoms with Crippen molar-refractivity contribution in [1.29, 1.82) is 0 Å². The summed E-state index contributed by atoms with van der Waals surface area (Å²) in [5, 5.41) is 9.96. The molecule has 186 valence electrons. The third kappa shape index (κ3) is 2.99. The molecule has 9 aromatic rings. The number of benzene rings is 7. The van der Waals surface area contributed by atoms with E-state index in [1.54, 1.807) is 0 Å². The van der Waals surface area contributed by atoms with Crippen molar-refractivity contribution in [3.8, 4) is 22.3 Å². The molecule has 1 N–H and O–H groups in total. The number of aromatic nitrogens is 1. The van der Waals surface area contributed by atoms with Gasteiger partial charge in [-0.15, -0.1) is 0 Å². The van der Waals surface area contributed by atoms with Crippen LogP contribution in [0.25, 0.3) is 87.5 Å². The molecule has 9 rings (SSSR count). The molecule has 2 heteroatoms. The summed E-state index contributed by atoms with van der Waals surface area (Å²) in [5.74, 6) is 0. The third-order valence-corrected chi connectivity index (χ3v) is 8.40. The molecule has 40 heavy (non-hydrogen) atoms. The molecule has 0 aliphatic rings. The van der Waals surface area contributed by atoms with E-state index < -0.39 is 0 Å². The lowest BCUT2D eigenvalue weighted by molar-refractivity contribution is 0.669. The van der Waals surface area contributed by atoms with Gasteiger partial charge in [0.15, 0.2) is 0 Å². The number of nitrogens with one attached hydrogen (secondary N) is 1. The maximum atomic E-state index is 6.07. The van der Waals surface area contributed by atoms with Crippen LogP contribution < -0.4 is 0 Å². The number of para-hydroxylation sites is 2. The number of furan rings is 1.